The summed E-state index contributed by atoms with van der Waals surface area (Å²) in [5.74, 6) is 1.08. The van der Waals surface area contributed by atoms with Gasteiger partial charge in [-0.15, -0.1) is 0 Å². The van der Waals surface area contributed by atoms with Gasteiger partial charge in [0.1, 0.15) is 0 Å². The molecule has 0 aromatic heterocycles. The normalized spacial score (nSPS) is 10.4. The van der Waals surface area contributed by atoms with Gasteiger partial charge in [0, 0.05) is 15.7 Å². The Morgan fingerprint density at radius 2 is 1.88 bits per heavy atom. The summed E-state index contributed by atoms with van der Waals surface area (Å²) in [6, 6.07) is 9.22. The predicted octanol–water partition coefficient (Wildman–Crippen LogP) is 5.41. The van der Waals surface area contributed by atoms with Crippen molar-refractivity contribution in [2.45, 2.75) is 20.8 Å². The Morgan fingerprint density at radius 1 is 1.17 bits per heavy atom. The third kappa shape index (κ3) is 4.63. The Kier molecular flexibility index (Phi) is 6.91. The molecule has 0 saturated carbocycles. The smallest absolute Gasteiger partial charge is 0.255 e. The molecule has 0 heterocycles. The van der Waals surface area contributed by atoms with Gasteiger partial charge >= 0.3 is 0 Å². The van der Waals surface area contributed by atoms with E-state index in [1.54, 1.807) is 12.1 Å². The largest absolute Gasteiger partial charge is 0.490 e. The summed E-state index contributed by atoms with van der Waals surface area (Å²) in [5.41, 5.74) is 2.35. The molecule has 2 aromatic carbocycles. The molecule has 2 rings (SSSR count). The van der Waals surface area contributed by atoms with Crippen LogP contribution in [0.2, 0.25) is 0 Å². The van der Waals surface area contributed by atoms with Crippen molar-refractivity contribution in [1.82, 2.24) is 0 Å². The summed E-state index contributed by atoms with van der Waals surface area (Å²) in [7, 11) is 0. The highest BCUT2D eigenvalue weighted by atomic mass is 127. The SMILES string of the molecule is CCOc1cc(C(=O)Nc2ccc(Br)c(C)c2)cc(I)c1OCC. The van der Waals surface area contributed by atoms with Crippen LogP contribution in [0.25, 0.3) is 0 Å². The van der Waals surface area contributed by atoms with Crippen LogP contribution in [-0.4, -0.2) is 19.1 Å². The number of aryl methyl sites for hydroxylation is 1. The Hall–Kier alpha value is -1.28. The van der Waals surface area contributed by atoms with Crippen LogP contribution in [0.5, 0.6) is 11.5 Å². The van der Waals surface area contributed by atoms with E-state index >= 15 is 0 Å². The number of ether oxygens (including phenoxy) is 2. The molecule has 0 saturated heterocycles. The summed E-state index contributed by atoms with van der Waals surface area (Å²) in [5, 5.41) is 2.91. The third-order valence-corrected chi connectivity index (χ3v) is 4.97. The van der Waals surface area contributed by atoms with Gasteiger partial charge in [-0.1, -0.05) is 15.9 Å². The van der Waals surface area contributed by atoms with Crippen LogP contribution in [0.4, 0.5) is 5.69 Å². The van der Waals surface area contributed by atoms with E-state index in [1.807, 2.05) is 39.0 Å². The number of rotatable bonds is 6. The average Bonchev–Trinajstić information content (AvgIpc) is 2.54. The number of hydrogen-bond acceptors (Lipinski definition) is 3. The van der Waals surface area contributed by atoms with Gasteiger partial charge in [0.15, 0.2) is 11.5 Å². The highest BCUT2D eigenvalue weighted by molar-refractivity contribution is 14.1. The predicted molar refractivity (Wildman–Crippen MR) is 108 cm³/mol. The number of carbonyl (C=O) groups is 1. The fourth-order valence-electron chi connectivity index (χ4n) is 2.17. The molecule has 0 bridgehead atoms. The first-order valence-corrected chi connectivity index (χ1v) is 9.50. The standard InChI is InChI=1S/C18H19BrINO3/c1-4-23-16-10-12(9-15(20)17(16)24-5-2)18(22)21-13-6-7-14(19)11(3)8-13/h6-10H,4-5H2,1-3H3,(H,21,22). The fraction of sp³-hybridized carbons (Fsp3) is 0.278. The molecule has 0 aliphatic rings. The van der Waals surface area contributed by atoms with Crippen LogP contribution >= 0.6 is 38.5 Å². The highest BCUT2D eigenvalue weighted by Crippen LogP contribution is 2.34. The van der Waals surface area contributed by atoms with E-state index < -0.39 is 0 Å². The molecule has 0 aliphatic carbocycles. The minimum absolute atomic E-state index is 0.182. The molecule has 128 valence electrons. The molecule has 0 radical (unpaired) electrons. The summed E-state index contributed by atoms with van der Waals surface area (Å²) in [6.45, 7) is 6.85. The Balaban J connectivity index is 2.29. The van der Waals surface area contributed by atoms with Crippen molar-refractivity contribution in [3.63, 3.8) is 0 Å². The Labute approximate surface area is 164 Å². The van der Waals surface area contributed by atoms with Crippen molar-refractivity contribution in [1.29, 1.82) is 0 Å². The maximum absolute atomic E-state index is 12.6. The molecule has 1 amide bonds. The van der Waals surface area contributed by atoms with Crippen molar-refractivity contribution < 1.29 is 14.3 Å². The zero-order chi connectivity index (χ0) is 17.7. The van der Waals surface area contributed by atoms with E-state index in [9.17, 15) is 4.79 Å². The van der Waals surface area contributed by atoms with Crippen LogP contribution in [0, 0.1) is 10.5 Å². The lowest BCUT2D eigenvalue weighted by molar-refractivity contribution is 0.102. The van der Waals surface area contributed by atoms with Gasteiger partial charge in [-0.3, -0.25) is 4.79 Å². The zero-order valence-electron chi connectivity index (χ0n) is 13.8. The number of carbonyl (C=O) groups excluding carboxylic acids is 1. The third-order valence-electron chi connectivity index (χ3n) is 3.28. The molecule has 6 heteroatoms. The van der Waals surface area contributed by atoms with Gasteiger partial charge < -0.3 is 14.8 Å². The molecule has 4 nitrogen and oxygen atoms in total. The highest BCUT2D eigenvalue weighted by Gasteiger charge is 2.16. The maximum Gasteiger partial charge on any atom is 0.255 e. The minimum Gasteiger partial charge on any atom is -0.490 e. The molecule has 0 atom stereocenters. The molecule has 1 N–H and O–H groups in total. The van der Waals surface area contributed by atoms with Crippen molar-refractivity contribution in [3.05, 3.63) is 49.5 Å². The molecular formula is C18H19BrINO3. The van der Waals surface area contributed by atoms with E-state index in [-0.39, 0.29) is 5.91 Å². The van der Waals surface area contributed by atoms with E-state index in [0.717, 1.165) is 19.3 Å². The van der Waals surface area contributed by atoms with Crippen LogP contribution in [0.15, 0.2) is 34.8 Å². The topological polar surface area (TPSA) is 47.6 Å². The second-order valence-electron chi connectivity index (χ2n) is 5.07. The fourth-order valence-corrected chi connectivity index (χ4v) is 3.18. The second kappa shape index (κ2) is 8.71. The van der Waals surface area contributed by atoms with Crippen molar-refractivity contribution in [2.24, 2.45) is 0 Å². The van der Waals surface area contributed by atoms with Gasteiger partial charge in [-0.05, 0) is 79.3 Å². The molecule has 2 aromatic rings. The molecule has 0 aliphatic heterocycles. The second-order valence-corrected chi connectivity index (χ2v) is 7.09. The molecular weight excluding hydrogens is 485 g/mol. The van der Waals surface area contributed by atoms with Crippen LogP contribution in [0.1, 0.15) is 29.8 Å². The zero-order valence-corrected chi connectivity index (χ0v) is 17.5. The van der Waals surface area contributed by atoms with Crippen molar-refractivity contribution in [3.8, 4) is 11.5 Å². The Morgan fingerprint density at radius 3 is 2.50 bits per heavy atom. The monoisotopic (exact) mass is 503 g/mol. The first-order valence-electron chi connectivity index (χ1n) is 7.62. The number of hydrogen-bond donors (Lipinski definition) is 1. The molecule has 0 spiro atoms. The van der Waals surface area contributed by atoms with Crippen molar-refractivity contribution in [2.75, 3.05) is 18.5 Å². The average molecular weight is 504 g/mol. The number of benzene rings is 2. The summed E-state index contributed by atoms with van der Waals surface area (Å²) in [6.07, 6.45) is 0. The van der Waals surface area contributed by atoms with Gasteiger partial charge in [-0.25, -0.2) is 0 Å². The maximum atomic E-state index is 12.6. The summed E-state index contributed by atoms with van der Waals surface area (Å²) >= 11 is 5.61. The van der Waals surface area contributed by atoms with Gasteiger partial charge in [-0.2, -0.15) is 0 Å². The van der Waals surface area contributed by atoms with Gasteiger partial charge in [0.25, 0.3) is 5.91 Å². The van der Waals surface area contributed by atoms with E-state index in [0.29, 0.717) is 30.3 Å². The van der Waals surface area contributed by atoms with Gasteiger partial charge in [0.2, 0.25) is 0 Å². The summed E-state index contributed by atoms with van der Waals surface area (Å²) in [4.78, 5) is 12.6. The lowest BCUT2D eigenvalue weighted by Gasteiger charge is -2.15. The van der Waals surface area contributed by atoms with Crippen molar-refractivity contribution >= 4 is 50.1 Å². The van der Waals surface area contributed by atoms with Crippen LogP contribution in [-0.2, 0) is 0 Å². The van der Waals surface area contributed by atoms with Crippen LogP contribution in [0.3, 0.4) is 0 Å². The van der Waals surface area contributed by atoms with E-state index in [1.165, 1.54) is 0 Å². The molecule has 0 fully saturated rings. The number of halogens is 2. The summed E-state index contributed by atoms with van der Waals surface area (Å²) < 4.78 is 13.1. The van der Waals surface area contributed by atoms with E-state index in [4.69, 9.17) is 9.47 Å². The van der Waals surface area contributed by atoms with Crippen LogP contribution < -0.4 is 14.8 Å². The lowest BCUT2D eigenvalue weighted by atomic mass is 10.1. The first-order chi connectivity index (χ1) is 11.5. The van der Waals surface area contributed by atoms with Gasteiger partial charge in [0.05, 0.1) is 16.8 Å². The number of anilines is 1. The first kappa shape index (κ1) is 19.1. The number of amides is 1. The molecule has 24 heavy (non-hydrogen) atoms. The number of nitrogens with one attached hydrogen (secondary N) is 1. The molecule has 0 unspecified atom stereocenters. The minimum atomic E-state index is -0.182. The van der Waals surface area contributed by atoms with E-state index in [2.05, 4.69) is 43.8 Å². The quantitative estimate of drug-likeness (QED) is 0.536. The Bertz CT molecular complexity index is 749. The lowest BCUT2D eigenvalue weighted by Crippen LogP contribution is -2.13.